The van der Waals surface area contributed by atoms with Crippen LogP contribution in [0.1, 0.15) is 37.3 Å². The summed E-state index contributed by atoms with van der Waals surface area (Å²) in [6.07, 6.45) is 1.46. The second-order valence-corrected chi connectivity index (χ2v) is 8.63. The highest BCUT2D eigenvalue weighted by atomic mass is 16.2. The van der Waals surface area contributed by atoms with Crippen molar-refractivity contribution >= 4 is 29.2 Å². The van der Waals surface area contributed by atoms with Gasteiger partial charge in [-0.25, -0.2) is 4.79 Å². The van der Waals surface area contributed by atoms with Crippen LogP contribution in [0.25, 0.3) is 0 Å². The number of anilines is 2. The molecule has 0 aromatic heterocycles. The quantitative estimate of drug-likeness (QED) is 0.723. The van der Waals surface area contributed by atoms with E-state index in [9.17, 15) is 14.4 Å². The van der Waals surface area contributed by atoms with Crippen LogP contribution >= 0.6 is 0 Å². The summed E-state index contributed by atoms with van der Waals surface area (Å²) in [6, 6.07) is 15.7. The molecular weight excluding hydrogens is 404 g/mol. The molecule has 0 aliphatic carbocycles. The Labute approximate surface area is 188 Å². The van der Waals surface area contributed by atoms with Crippen molar-refractivity contribution in [3.8, 4) is 0 Å². The van der Waals surface area contributed by atoms with E-state index in [0.717, 1.165) is 18.7 Å². The van der Waals surface area contributed by atoms with Gasteiger partial charge in [0, 0.05) is 44.0 Å². The van der Waals surface area contributed by atoms with E-state index >= 15 is 0 Å². The van der Waals surface area contributed by atoms with Crippen molar-refractivity contribution in [2.45, 2.75) is 38.5 Å². The zero-order valence-electron chi connectivity index (χ0n) is 18.7. The van der Waals surface area contributed by atoms with Crippen LogP contribution in [0.2, 0.25) is 0 Å². The van der Waals surface area contributed by atoms with Crippen molar-refractivity contribution in [3.05, 3.63) is 59.7 Å². The van der Waals surface area contributed by atoms with E-state index in [1.165, 1.54) is 11.3 Å². The van der Waals surface area contributed by atoms with Crippen LogP contribution in [0.4, 0.5) is 16.2 Å². The molecule has 2 saturated heterocycles. The first-order valence-corrected chi connectivity index (χ1v) is 11.2. The first-order valence-electron chi connectivity index (χ1n) is 11.2. The summed E-state index contributed by atoms with van der Waals surface area (Å²) in [5.74, 6) is -0.454. The Morgan fingerprint density at radius 1 is 1.06 bits per heavy atom. The second-order valence-electron chi connectivity index (χ2n) is 8.63. The van der Waals surface area contributed by atoms with Gasteiger partial charge in [-0.3, -0.25) is 14.9 Å². The lowest BCUT2D eigenvalue weighted by atomic mass is 9.72. The molecule has 0 bridgehead atoms. The molecule has 2 aliphatic rings. The summed E-state index contributed by atoms with van der Waals surface area (Å²) in [6.45, 7) is 6.95. The number of benzene rings is 2. The predicted octanol–water partition coefficient (Wildman–Crippen LogP) is 3.43. The van der Waals surface area contributed by atoms with E-state index in [2.05, 4.69) is 46.7 Å². The number of piperidine rings is 1. The number of carbonyl (C=O) groups is 3. The Balaban J connectivity index is 1.36. The molecule has 1 atom stereocenters. The number of urea groups is 1. The molecule has 2 aromatic carbocycles. The highest BCUT2D eigenvalue weighted by molar-refractivity contribution is 6.03. The average molecular weight is 435 g/mol. The Kier molecular flexibility index (Phi) is 6.17. The third-order valence-corrected chi connectivity index (χ3v) is 6.69. The molecule has 32 heavy (non-hydrogen) atoms. The van der Waals surface area contributed by atoms with Crippen LogP contribution in [0.5, 0.6) is 0 Å². The summed E-state index contributed by atoms with van der Waals surface area (Å²) >= 11 is 0. The predicted molar refractivity (Wildman–Crippen MR) is 125 cm³/mol. The van der Waals surface area contributed by atoms with Crippen molar-refractivity contribution in [1.29, 1.82) is 0 Å². The minimum atomic E-state index is -0.692. The van der Waals surface area contributed by atoms with Gasteiger partial charge >= 0.3 is 6.03 Å². The van der Waals surface area contributed by atoms with Gasteiger partial charge in [0.15, 0.2) is 0 Å². The van der Waals surface area contributed by atoms with Crippen LogP contribution in [0.3, 0.4) is 0 Å². The van der Waals surface area contributed by atoms with Gasteiger partial charge in [-0.2, -0.15) is 0 Å². The van der Waals surface area contributed by atoms with Crippen LogP contribution < -0.4 is 15.5 Å². The molecular formula is C25H30N4O3. The molecule has 2 aliphatic heterocycles. The van der Waals surface area contributed by atoms with Gasteiger partial charge in [0.25, 0.3) is 0 Å². The molecule has 2 N–H and O–H groups in total. The third-order valence-electron chi connectivity index (χ3n) is 6.69. The summed E-state index contributed by atoms with van der Waals surface area (Å²) < 4.78 is 0. The Morgan fingerprint density at radius 2 is 1.78 bits per heavy atom. The summed E-state index contributed by atoms with van der Waals surface area (Å²) in [5, 5.41) is 5.44. The molecule has 2 fully saturated rings. The van der Waals surface area contributed by atoms with Gasteiger partial charge < -0.3 is 15.1 Å². The normalized spacial score (nSPS) is 21.3. The average Bonchev–Trinajstić information content (AvgIpc) is 2.80. The van der Waals surface area contributed by atoms with Gasteiger partial charge in [0.1, 0.15) is 0 Å². The minimum absolute atomic E-state index is 0.118. The monoisotopic (exact) mass is 434 g/mol. The van der Waals surface area contributed by atoms with E-state index in [0.29, 0.717) is 38.0 Å². The molecule has 2 heterocycles. The number of carbonyl (C=O) groups excluding carboxylic acids is 3. The van der Waals surface area contributed by atoms with Crippen molar-refractivity contribution in [3.63, 3.8) is 0 Å². The minimum Gasteiger partial charge on any atom is -0.368 e. The molecule has 7 nitrogen and oxygen atoms in total. The highest BCUT2D eigenvalue weighted by Crippen LogP contribution is 2.36. The largest absolute Gasteiger partial charge is 0.368 e. The van der Waals surface area contributed by atoms with Gasteiger partial charge in [0.05, 0.1) is 5.41 Å². The summed E-state index contributed by atoms with van der Waals surface area (Å²) in [5.41, 5.74) is 3.29. The lowest BCUT2D eigenvalue weighted by molar-refractivity contribution is -0.138. The highest BCUT2D eigenvalue weighted by Gasteiger charge is 2.42. The fourth-order valence-corrected chi connectivity index (χ4v) is 4.63. The zero-order chi connectivity index (χ0) is 22.7. The molecule has 1 unspecified atom stereocenters. The zero-order valence-corrected chi connectivity index (χ0v) is 18.7. The first-order chi connectivity index (χ1) is 15.4. The van der Waals surface area contributed by atoms with Gasteiger partial charge in [0.2, 0.25) is 11.8 Å². The van der Waals surface area contributed by atoms with E-state index in [4.69, 9.17) is 0 Å². The van der Waals surface area contributed by atoms with Gasteiger partial charge in [-0.15, -0.1) is 0 Å². The molecule has 0 spiro atoms. The number of aryl methyl sites for hydroxylation is 1. The van der Waals surface area contributed by atoms with E-state index < -0.39 is 5.41 Å². The van der Waals surface area contributed by atoms with E-state index in [1.807, 2.05) is 36.1 Å². The molecule has 4 rings (SSSR count). The number of amides is 4. The van der Waals surface area contributed by atoms with Crippen LogP contribution in [0.15, 0.2) is 48.5 Å². The summed E-state index contributed by atoms with van der Waals surface area (Å²) in [4.78, 5) is 41.0. The smallest absolute Gasteiger partial charge is 0.321 e. The van der Waals surface area contributed by atoms with Crippen molar-refractivity contribution in [2.75, 3.05) is 36.4 Å². The van der Waals surface area contributed by atoms with Crippen molar-refractivity contribution in [1.82, 2.24) is 10.2 Å². The SMILES string of the molecule is CCC1(c2ccc(NC(=O)N3CCN(c4cccc(C)c4)CC3)cc2)CCC(=O)NC1=O. The maximum Gasteiger partial charge on any atom is 0.321 e. The number of piperazine rings is 1. The Morgan fingerprint density at radius 3 is 2.41 bits per heavy atom. The van der Waals surface area contributed by atoms with Crippen LogP contribution in [-0.2, 0) is 15.0 Å². The van der Waals surface area contributed by atoms with E-state index in [1.54, 1.807) is 0 Å². The topological polar surface area (TPSA) is 81.8 Å². The molecule has 7 heteroatoms. The standard InChI is InChI=1S/C25H30N4O3/c1-3-25(12-11-22(30)27-23(25)31)19-7-9-20(10-8-19)26-24(32)29-15-13-28(14-16-29)21-6-4-5-18(2)17-21/h4-10,17H,3,11-16H2,1-2H3,(H,26,32)(H,27,30,31). The fourth-order valence-electron chi connectivity index (χ4n) is 4.63. The number of hydrogen-bond donors (Lipinski definition) is 2. The molecule has 2 aromatic rings. The molecule has 0 saturated carbocycles. The van der Waals surface area contributed by atoms with Gasteiger partial charge in [-0.1, -0.05) is 31.2 Å². The number of hydrogen-bond acceptors (Lipinski definition) is 4. The maximum absolute atomic E-state index is 12.8. The lowest BCUT2D eigenvalue weighted by Crippen LogP contribution is -2.51. The maximum atomic E-state index is 12.8. The Hall–Kier alpha value is -3.35. The summed E-state index contributed by atoms with van der Waals surface area (Å²) in [7, 11) is 0. The van der Waals surface area contributed by atoms with Crippen molar-refractivity contribution < 1.29 is 14.4 Å². The fraction of sp³-hybridized carbons (Fsp3) is 0.400. The number of rotatable bonds is 4. The molecule has 168 valence electrons. The number of imide groups is 1. The van der Waals surface area contributed by atoms with Gasteiger partial charge in [-0.05, 0) is 55.2 Å². The van der Waals surface area contributed by atoms with Crippen LogP contribution in [0, 0.1) is 6.92 Å². The number of nitrogens with one attached hydrogen (secondary N) is 2. The Bertz CT molecular complexity index is 1010. The van der Waals surface area contributed by atoms with E-state index in [-0.39, 0.29) is 17.8 Å². The molecule has 0 radical (unpaired) electrons. The lowest BCUT2D eigenvalue weighted by Gasteiger charge is -2.36. The van der Waals surface area contributed by atoms with Crippen LogP contribution in [-0.4, -0.2) is 48.9 Å². The van der Waals surface area contributed by atoms with Crippen molar-refractivity contribution in [2.24, 2.45) is 0 Å². The molecule has 4 amide bonds. The first kappa shape index (κ1) is 21.9. The second kappa shape index (κ2) is 9.02. The third kappa shape index (κ3) is 4.33. The number of nitrogens with zero attached hydrogens (tertiary/aromatic N) is 2.